The monoisotopic (exact) mass is 424 g/mol. The Morgan fingerprint density at radius 1 is 0.469 bits per heavy atom. The van der Waals surface area contributed by atoms with Crippen molar-refractivity contribution in [3.8, 4) is 22.8 Å². The minimum absolute atomic E-state index is 0.714. The number of fused-ring (bicyclic) bond motifs is 2. The summed E-state index contributed by atoms with van der Waals surface area (Å²) in [6, 6.07) is 16.6. The fourth-order valence-corrected chi connectivity index (χ4v) is 3.50. The van der Waals surface area contributed by atoms with Gasteiger partial charge < -0.3 is 19.9 Å². The summed E-state index contributed by atoms with van der Waals surface area (Å²) in [6.07, 6.45) is 0. The second kappa shape index (κ2) is 7.81. The van der Waals surface area contributed by atoms with Crippen molar-refractivity contribution in [3.05, 3.63) is 71.3 Å². The molecule has 0 saturated heterocycles. The molecule has 0 bridgehead atoms. The van der Waals surface area contributed by atoms with Crippen LogP contribution < -0.4 is 0 Å². The van der Waals surface area contributed by atoms with Crippen LogP contribution in [-0.2, 0) is 0 Å². The smallest absolute Gasteiger partial charge is 0.197 e. The molecule has 0 aliphatic carbocycles. The van der Waals surface area contributed by atoms with E-state index in [9.17, 15) is 0 Å². The lowest BCUT2D eigenvalue weighted by Crippen LogP contribution is -1.84. The van der Waals surface area contributed by atoms with E-state index >= 15 is 0 Å². The van der Waals surface area contributed by atoms with E-state index in [2.05, 4.69) is 102 Å². The summed E-state index contributed by atoms with van der Waals surface area (Å²) in [4.78, 5) is 30.1. The second-order valence-corrected chi connectivity index (χ2v) is 7.94. The molecule has 8 heteroatoms. The van der Waals surface area contributed by atoms with Gasteiger partial charge in [-0.3, -0.25) is 0 Å². The largest absolute Gasteiger partial charge is 0.327 e. The van der Waals surface area contributed by atoms with E-state index < -0.39 is 0 Å². The van der Waals surface area contributed by atoms with Crippen LogP contribution in [0.1, 0.15) is 22.8 Å². The fourth-order valence-electron chi connectivity index (χ4n) is 3.50. The second-order valence-electron chi connectivity index (χ2n) is 7.94. The van der Waals surface area contributed by atoms with E-state index in [1.54, 1.807) is 0 Å². The Bertz CT molecular complexity index is 1320. The number of benzene rings is 2. The van der Waals surface area contributed by atoms with Crippen molar-refractivity contribution in [2.75, 3.05) is 0 Å². The minimum atomic E-state index is 0.714. The van der Waals surface area contributed by atoms with Gasteiger partial charge in [-0.15, -0.1) is 0 Å². The number of rotatable bonds is 2. The van der Waals surface area contributed by atoms with Gasteiger partial charge in [0.25, 0.3) is 0 Å². The molecule has 2 aromatic carbocycles. The van der Waals surface area contributed by atoms with Gasteiger partial charge in [-0.1, -0.05) is 59.7 Å². The zero-order valence-corrected chi connectivity index (χ0v) is 18.4. The quantitative estimate of drug-likeness (QED) is 0.308. The molecule has 6 rings (SSSR count). The van der Waals surface area contributed by atoms with Crippen molar-refractivity contribution in [1.82, 2.24) is 39.9 Å². The van der Waals surface area contributed by atoms with Gasteiger partial charge >= 0.3 is 0 Å². The molecule has 8 nitrogen and oxygen atoms in total. The molecule has 0 amide bonds. The number of hydrogen-bond acceptors (Lipinski definition) is 4. The van der Waals surface area contributed by atoms with Crippen LogP contribution in [0.3, 0.4) is 0 Å². The summed E-state index contributed by atoms with van der Waals surface area (Å²) in [5.41, 5.74) is 7.85. The zero-order chi connectivity index (χ0) is 22.2. The molecule has 4 N–H and O–H groups in total. The van der Waals surface area contributed by atoms with Gasteiger partial charge in [0.15, 0.2) is 22.6 Å². The number of H-pyrrole nitrogens is 4. The topological polar surface area (TPSA) is 115 Å². The standard InChI is InChI=1S/C18H16N4.C6H8N4/c1-11-3-7-13(8-4-11)15-19-17-18(20-15)22-16(21-17)14-9-5-12(2)6-10-14;1-3-7-5-6(8-3)10-4(2)9-5/h3-10H,1-2H3,(H,19,20)(H,21,22);1-2H3,(H,7,8)(H,9,10). The van der Waals surface area contributed by atoms with Crippen LogP contribution in [0.15, 0.2) is 48.5 Å². The average Bonchev–Trinajstić information content (AvgIpc) is 3.49. The predicted molar refractivity (Wildman–Crippen MR) is 126 cm³/mol. The van der Waals surface area contributed by atoms with Gasteiger partial charge in [0.1, 0.15) is 23.3 Å². The van der Waals surface area contributed by atoms with Crippen LogP contribution in [0.5, 0.6) is 0 Å². The highest BCUT2D eigenvalue weighted by atomic mass is 15.1. The van der Waals surface area contributed by atoms with E-state index in [1.807, 2.05) is 13.8 Å². The molecule has 4 aromatic heterocycles. The summed E-state index contributed by atoms with van der Waals surface area (Å²) in [5.74, 6) is 3.47. The van der Waals surface area contributed by atoms with Crippen molar-refractivity contribution in [1.29, 1.82) is 0 Å². The van der Waals surface area contributed by atoms with Crippen LogP contribution in [0.25, 0.3) is 45.4 Å². The summed E-state index contributed by atoms with van der Waals surface area (Å²) in [7, 11) is 0. The molecule has 0 atom stereocenters. The van der Waals surface area contributed by atoms with Crippen molar-refractivity contribution in [2.45, 2.75) is 27.7 Å². The van der Waals surface area contributed by atoms with E-state index in [1.165, 1.54) is 11.1 Å². The Hall–Kier alpha value is -4.20. The number of imidazole rings is 4. The summed E-state index contributed by atoms with van der Waals surface area (Å²) in [5, 5.41) is 0. The normalized spacial score (nSPS) is 11.1. The lowest BCUT2D eigenvalue weighted by atomic mass is 10.1. The third-order valence-corrected chi connectivity index (χ3v) is 5.18. The van der Waals surface area contributed by atoms with Gasteiger partial charge in [-0.2, -0.15) is 0 Å². The van der Waals surface area contributed by atoms with Gasteiger partial charge in [0.2, 0.25) is 0 Å². The summed E-state index contributed by atoms with van der Waals surface area (Å²) in [6.45, 7) is 7.97. The van der Waals surface area contributed by atoms with Gasteiger partial charge in [-0.25, -0.2) is 19.9 Å². The zero-order valence-electron chi connectivity index (χ0n) is 18.4. The summed E-state index contributed by atoms with van der Waals surface area (Å²) >= 11 is 0. The van der Waals surface area contributed by atoms with Crippen LogP contribution >= 0.6 is 0 Å². The first-order valence-corrected chi connectivity index (χ1v) is 10.4. The van der Waals surface area contributed by atoms with Gasteiger partial charge in [0.05, 0.1) is 0 Å². The molecule has 0 spiro atoms. The maximum absolute atomic E-state index is 4.58. The Balaban J connectivity index is 0.000000180. The lowest BCUT2D eigenvalue weighted by Gasteiger charge is -1.98. The predicted octanol–water partition coefficient (Wildman–Crippen LogP) is 5.14. The number of aryl methyl sites for hydroxylation is 4. The highest BCUT2D eigenvalue weighted by Crippen LogP contribution is 2.23. The summed E-state index contributed by atoms with van der Waals surface area (Å²) < 4.78 is 0. The SMILES string of the molecule is Cc1ccc(-c2nc3nc(-c4ccc(C)cc4)[nH]c3[nH]2)cc1.Cc1nc2nc(C)[nH]c2[nH]1. The molecule has 0 fully saturated rings. The fraction of sp³-hybridized carbons (Fsp3) is 0.167. The van der Waals surface area contributed by atoms with Crippen molar-refractivity contribution >= 4 is 22.6 Å². The molecule has 0 saturated carbocycles. The first-order chi connectivity index (χ1) is 15.4. The maximum Gasteiger partial charge on any atom is 0.197 e. The molecule has 0 aliphatic rings. The molecule has 0 aliphatic heterocycles. The lowest BCUT2D eigenvalue weighted by molar-refractivity contribution is 1.09. The molecule has 160 valence electrons. The molecule has 4 heterocycles. The van der Waals surface area contributed by atoms with Gasteiger partial charge in [0, 0.05) is 11.1 Å². The van der Waals surface area contributed by atoms with Crippen molar-refractivity contribution < 1.29 is 0 Å². The first kappa shape index (κ1) is 19.7. The maximum atomic E-state index is 4.58. The number of aromatic amines is 4. The number of nitrogens with one attached hydrogen (secondary N) is 4. The third kappa shape index (κ3) is 3.90. The van der Waals surface area contributed by atoms with Crippen molar-refractivity contribution in [3.63, 3.8) is 0 Å². The Morgan fingerprint density at radius 3 is 1.22 bits per heavy atom. The van der Waals surface area contributed by atoms with Crippen molar-refractivity contribution in [2.24, 2.45) is 0 Å². The minimum Gasteiger partial charge on any atom is -0.327 e. The highest BCUT2D eigenvalue weighted by molar-refractivity contribution is 5.77. The van der Waals surface area contributed by atoms with Crippen LogP contribution in [0, 0.1) is 27.7 Å². The van der Waals surface area contributed by atoms with Crippen LogP contribution in [-0.4, -0.2) is 39.9 Å². The number of hydrogen-bond donors (Lipinski definition) is 4. The van der Waals surface area contributed by atoms with E-state index in [0.29, 0.717) is 5.65 Å². The average molecular weight is 425 g/mol. The highest BCUT2D eigenvalue weighted by Gasteiger charge is 2.11. The van der Waals surface area contributed by atoms with Crippen LogP contribution in [0.2, 0.25) is 0 Å². The van der Waals surface area contributed by atoms with E-state index in [0.717, 1.165) is 51.4 Å². The van der Waals surface area contributed by atoms with E-state index in [4.69, 9.17) is 0 Å². The Kier molecular flexibility index (Phi) is 4.82. The van der Waals surface area contributed by atoms with Crippen LogP contribution in [0.4, 0.5) is 0 Å². The number of aromatic nitrogens is 8. The molecule has 6 aromatic rings. The Labute approximate surface area is 184 Å². The third-order valence-electron chi connectivity index (χ3n) is 5.18. The number of nitrogens with zero attached hydrogens (tertiary/aromatic N) is 4. The molecule has 0 radical (unpaired) electrons. The van der Waals surface area contributed by atoms with E-state index in [-0.39, 0.29) is 0 Å². The van der Waals surface area contributed by atoms with Gasteiger partial charge in [-0.05, 0) is 27.7 Å². The molecular weight excluding hydrogens is 400 g/mol. The first-order valence-electron chi connectivity index (χ1n) is 10.4. The molecule has 32 heavy (non-hydrogen) atoms. The molecular formula is C24H24N8. The Morgan fingerprint density at radius 2 is 0.844 bits per heavy atom. The molecule has 0 unspecified atom stereocenters.